The van der Waals surface area contributed by atoms with Crippen molar-refractivity contribution in [2.45, 2.75) is 25.7 Å². The molecule has 0 N–H and O–H groups in total. The molecule has 0 saturated carbocycles. The van der Waals surface area contributed by atoms with Gasteiger partial charge in [-0.3, -0.25) is 4.90 Å². The van der Waals surface area contributed by atoms with Crippen LogP contribution in [0.3, 0.4) is 0 Å². The van der Waals surface area contributed by atoms with Crippen LogP contribution in [0.1, 0.15) is 12.2 Å². The van der Waals surface area contributed by atoms with Gasteiger partial charge in [0.25, 0.3) is 0 Å². The fourth-order valence-electron chi connectivity index (χ4n) is 2.90. The number of halogens is 1. The molecule has 1 aliphatic heterocycles. The lowest BCUT2D eigenvalue weighted by Crippen LogP contribution is -2.34. The summed E-state index contributed by atoms with van der Waals surface area (Å²) in [5, 5.41) is 5.06. The number of ether oxygens (including phenoxy) is 1. The minimum atomic E-state index is -2.92. The number of rotatable bonds is 6. The summed E-state index contributed by atoms with van der Waals surface area (Å²) in [6, 6.07) is 7.24. The van der Waals surface area contributed by atoms with Gasteiger partial charge in [0.1, 0.15) is 12.4 Å². The van der Waals surface area contributed by atoms with Crippen LogP contribution in [-0.4, -0.2) is 52.3 Å². The molecular formula is C16H21ClN4O3S2. The van der Waals surface area contributed by atoms with Crippen LogP contribution < -0.4 is 4.74 Å². The van der Waals surface area contributed by atoms with Crippen LogP contribution in [0.15, 0.2) is 24.3 Å². The highest BCUT2D eigenvalue weighted by atomic mass is 35.5. The highest BCUT2D eigenvalue weighted by molar-refractivity contribution is 7.91. The topological polar surface area (TPSA) is 69.4 Å². The van der Waals surface area contributed by atoms with Gasteiger partial charge < -0.3 is 9.30 Å². The number of benzene rings is 1. The van der Waals surface area contributed by atoms with Crippen LogP contribution in [-0.2, 0) is 30.2 Å². The number of hydrogen-bond acceptors (Lipinski definition) is 6. The average molecular weight is 417 g/mol. The Morgan fingerprint density at radius 2 is 2.15 bits per heavy atom. The average Bonchev–Trinajstić information content (AvgIpc) is 3.08. The van der Waals surface area contributed by atoms with Crippen molar-refractivity contribution in [1.29, 1.82) is 0 Å². The van der Waals surface area contributed by atoms with Crippen molar-refractivity contribution in [1.82, 2.24) is 19.2 Å². The molecule has 2 heterocycles. The van der Waals surface area contributed by atoms with Crippen LogP contribution in [0, 0.1) is 4.77 Å². The van der Waals surface area contributed by atoms with Crippen LogP contribution in [0.5, 0.6) is 5.75 Å². The smallest absolute Gasteiger partial charge is 0.198 e. The van der Waals surface area contributed by atoms with Crippen molar-refractivity contribution in [3.8, 4) is 5.75 Å². The van der Waals surface area contributed by atoms with E-state index in [0.29, 0.717) is 34.5 Å². The van der Waals surface area contributed by atoms with Gasteiger partial charge in [0.05, 0.1) is 23.2 Å². The maximum atomic E-state index is 11.7. The summed E-state index contributed by atoms with van der Waals surface area (Å²) in [7, 11) is 0.797. The van der Waals surface area contributed by atoms with E-state index in [2.05, 4.69) is 5.10 Å². The summed E-state index contributed by atoms with van der Waals surface area (Å²) in [6.07, 6.45) is 0.640. The molecule has 1 atom stereocenters. The summed E-state index contributed by atoms with van der Waals surface area (Å²) in [5.41, 5.74) is 0. The molecule has 2 aromatic rings. The minimum Gasteiger partial charge on any atom is -0.484 e. The van der Waals surface area contributed by atoms with Crippen molar-refractivity contribution < 1.29 is 13.2 Å². The van der Waals surface area contributed by atoms with E-state index in [9.17, 15) is 8.42 Å². The third-order valence-electron chi connectivity index (χ3n) is 4.51. The van der Waals surface area contributed by atoms with Gasteiger partial charge in [-0.2, -0.15) is 5.10 Å². The number of aromatic nitrogens is 3. The predicted molar refractivity (Wildman–Crippen MR) is 103 cm³/mol. The van der Waals surface area contributed by atoms with Crippen molar-refractivity contribution >= 4 is 33.7 Å². The highest BCUT2D eigenvalue weighted by Gasteiger charge is 2.30. The van der Waals surface area contributed by atoms with E-state index in [1.807, 2.05) is 31.1 Å². The van der Waals surface area contributed by atoms with E-state index in [-0.39, 0.29) is 24.2 Å². The van der Waals surface area contributed by atoms with Gasteiger partial charge in [-0.15, -0.1) is 0 Å². The summed E-state index contributed by atoms with van der Waals surface area (Å²) in [5.74, 6) is 1.68. The van der Waals surface area contributed by atoms with Gasteiger partial charge in [-0.25, -0.2) is 13.1 Å². The zero-order valence-corrected chi connectivity index (χ0v) is 17.0. The van der Waals surface area contributed by atoms with E-state index in [4.69, 9.17) is 28.6 Å². The standard InChI is InChI=1S/C16H21ClN4O3S2/c1-19(12-7-8-26(22,23)10-12)11-21-16(25)20(2)15(18-21)9-24-14-6-4-3-5-13(14)17/h3-6,12H,7-11H2,1-2H3. The summed E-state index contributed by atoms with van der Waals surface area (Å²) in [4.78, 5) is 1.98. The lowest BCUT2D eigenvalue weighted by atomic mass is 10.2. The van der Waals surface area contributed by atoms with E-state index in [1.54, 1.807) is 21.4 Å². The monoisotopic (exact) mass is 416 g/mol. The molecule has 7 nitrogen and oxygen atoms in total. The Balaban J connectivity index is 1.69. The molecular weight excluding hydrogens is 396 g/mol. The second kappa shape index (κ2) is 7.67. The van der Waals surface area contributed by atoms with Gasteiger partial charge in [0.15, 0.2) is 20.4 Å². The van der Waals surface area contributed by atoms with E-state index in [0.717, 1.165) is 0 Å². The normalized spacial score (nSPS) is 19.2. The SMILES string of the molecule is CN(Cn1nc(COc2ccccc2Cl)n(C)c1=S)C1CCS(=O)(=O)C1. The van der Waals surface area contributed by atoms with Gasteiger partial charge in [0, 0.05) is 13.1 Å². The van der Waals surface area contributed by atoms with Crippen LogP contribution in [0.2, 0.25) is 5.02 Å². The third-order valence-corrected chi connectivity index (χ3v) is 7.06. The van der Waals surface area contributed by atoms with Crippen LogP contribution in [0.25, 0.3) is 0 Å². The van der Waals surface area contributed by atoms with E-state index in [1.165, 1.54) is 0 Å². The summed E-state index contributed by atoms with van der Waals surface area (Å²) < 4.78 is 33.1. The van der Waals surface area contributed by atoms with Gasteiger partial charge in [0.2, 0.25) is 0 Å². The Bertz CT molecular complexity index is 955. The van der Waals surface area contributed by atoms with Crippen molar-refractivity contribution in [3.63, 3.8) is 0 Å². The second-order valence-corrected chi connectivity index (χ2v) is 9.43. The molecule has 1 aliphatic rings. The quantitative estimate of drug-likeness (QED) is 0.673. The molecule has 0 aliphatic carbocycles. The Labute approximate surface area is 163 Å². The maximum Gasteiger partial charge on any atom is 0.198 e. The fourth-order valence-corrected chi connectivity index (χ4v) is 5.10. The zero-order valence-electron chi connectivity index (χ0n) is 14.6. The third kappa shape index (κ3) is 4.28. The van der Waals surface area contributed by atoms with Crippen molar-refractivity contribution in [2.75, 3.05) is 18.6 Å². The molecule has 3 rings (SSSR count). The van der Waals surface area contributed by atoms with Crippen LogP contribution in [0.4, 0.5) is 0 Å². The Morgan fingerprint density at radius 3 is 2.81 bits per heavy atom. The number of hydrogen-bond donors (Lipinski definition) is 0. The zero-order chi connectivity index (χ0) is 18.9. The molecule has 1 fully saturated rings. The Kier molecular flexibility index (Phi) is 5.71. The second-order valence-electron chi connectivity index (χ2n) is 6.43. The molecule has 0 spiro atoms. The highest BCUT2D eigenvalue weighted by Crippen LogP contribution is 2.24. The van der Waals surface area contributed by atoms with Gasteiger partial charge in [-0.1, -0.05) is 23.7 Å². The number of para-hydroxylation sites is 1. The van der Waals surface area contributed by atoms with Crippen molar-refractivity contribution in [2.24, 2.45) is 7.05 Å². The first kappa shape index (κ1) is 19.3. The molecule has 1 unspecified atom stereocenters. The molecule has 10 heteroatoms. The predicted octanol–water partition coefficient (Wildman–Crippen LogP) is 2.26. The van der Waals surface area contributed by atoms with Gasteiger partial charge >= 0.3 is 0 Å². The first-order valence-corrected chi connectivity index (χ1v) is 10.8. The van der Waals surface area contributed by atoms with E-state index >= 15 is 0 Å². The summed E-state index contributed by atoms with van der Waals surface area (Å²) in [6.45, 7) is 0.664. The lowest BCUT2D eigenvalue weighted by Gasteiger charge is -2.22. The minimum absolute atomic E-state index is 0.00766. The Hall–Kier alpha value is -1.42. The molecule has 0 amide bonds. The van der Waals surface area contributed by atoms with E-state index < -0.39 is 9.84 Å². The molecule has 0 bridgehead atoms. The Morgan fingerprint density at radius 1 is 1.42 bits per heavy atom. The molecule has 1 aromatic carbocycles. The van der Waals surface area contributed by atoms with Crippen molar-refractivity contribution in [3.05, 3.63) is 39.9 Å². The van der Waals surface area contributed by atoms with Crippen LogP contribution >= 0.6 is 23.8 Å². The first-order chi connectivity index (χ1) is 12.3. The first-order valence-electron chi connectivity index (χ1n) is 8.17. The largest absolute Gasteiger partial charge is 0.484 e. The van der Waals surface area contributed by atoms with Gasteiger partial charge in [-0.05, 0) is 37.8 Å². The molecule has 1 saturated heterocycles. The molecule has 1 aromatic heterocycles. The molecule has 0 radical (unpaired) electrons. The number of sulfone groups is 1. The molecule has 142 valence electrons. The summed E-state index contributed by atoms with van der Waals surface area (Å²) >= 11 is 11.5. The molecule has 26 heavy (non-hydrogen) atoms. The fraction of sp³-hybridized carbons (Fsp3) is 0.500. The number of nitrogens with zero attached hydrogens (tertiary/aromatic N) is 4. The lowest BCUT2D eigenvalue weighted by molar-refractivity contribution is 0.195. The maximum absolute atomic E-state index is 11.7.